The molecule has 0 atom stereocenters. The smallest absolute Gasteiger partial charge is 0.246 e. The molecule has 1 aromatic rings. The molecule has 0 unspecified atom stereocenters. The fourth-order valence-electron chi connectivity index (χ4n) is 0.814. The van der Waals surface area contributed by atoms with Crippen molar-refractivity contribution in [2.24, 2.45) is 0 Å². The fraction of sp³-hybridized carbons (Fsp3) is 0.250. The lowest BCUT2D eigenvalue weighted by molar-refractivity contribution is 0.354. The van der Waals surface area contributed by atoms with Crippen LogP contribution in [0.15, 0.2) is 30.3 Å². The lowest BCUT2D eigenvalue weighted by atomic mass is 10.2. The van der Waals surface area contributed by atoms with Crippen LogP contribution in [0.1, 0.15) is 5.56 Å². The lowest BCUT2D eigenvalue weighted by Crippen LogP contribution is -1.94. The van der Waals surface area contributed by atoms with Gasteiger partial charge in [-0.2, -0.15) is 0 Å². The molecule has 0 spiro atoms. The molecule has 0 aliphatic carbocycles. The van der Waals surface area contributed by atoms with Gasteiger partial charge in [0.05, 0.1) is 0 Å². The quantitative estimate of drug-likeness (QED) is 0.589. The third kappa shape index (κ3) is 2.33. The fourth-order valence-corrected chi connectivity index (χ4v) is 0.916. The first-order chi connectivity index (χ1) is 4.93. The van der Waals surface area contributed by atoms with Crippen LogP contribution in [0, 0.1) is 0 Å². The molecule has 3 radical (unpaired) electrons. The maximum absolute atomic E-state index is 4.75. The van der Waals surface area contributed by atoms with E-state index in [0.717, 1.165) is 13.0 Å². The Labute approximate surface area is 64.6 Å². The number of rotatable bonds is 3. The summed E-state index contributed by atoms with van der Waals surface area (Å²) in [6.45, 7) is 0.723. The highest BCUT2D eigenvalue weighted by atomic mass is 28.2. The van der Waals surface area contributed by atoms with E-state index in [1.165, 1.54) is 5.56 Å². The van der Waals surface area contributed by atoms with Gasteiger partial charge in [-0.25, -0.2) is 0 Å². The summed E-state index contributed by atoms with van der Waals surface area (Å²) in [4.78, 5) is 0. The van der Waals surface area contributed by atoms with Crippen molar-refractivity contribution >= 4 is 10.5 Å². The Morgan fingerprint density at radius 3 is 2.50 bits per heavy atom. The first kappa shape index (κ1) is 7.50. The van der Waals surface area contributed by atoms with Crippen LogP contribution in [-0.4, -0.2) is 17.1 Å². The summed E-state index contributed by atoms with van der Waals surface area (Å²) in [6.07, 6.45) is 0.963. The van der Waals surface area contributed by atoms with Gasteiger partial charge in [0.15, 0.2) is 0 Å². The number of hydrogen-bond donors (Lipinski definition) is 0. The van der Waals surface area contributed by atoms with E-state index in [9.17, 15) is 0 Å². The number of benzene rings is 1. The summed E-state index contributed by atoms with van der Waals surface area (Å²) in [5, 5.41) is 0. The Morgan fingerprint density at radius 2 is 1.90 bits per heavy atom. The first-order valence-electron chi connectivity index (χ1n) is 3.26. The van der Waals surface area contributed by atoms with Gasteiger partial charge < -0.3 is 4.43 Å². The molecule has 0 fully saturated rings. The van der Waals surface area contributed by atoms with Gasteiger partial charge in [-0.15, -0.1) is 0 Å². The molecule has 0 aliphatic heterocycles. The zero-order chi connectivity index (χ0) is 7.23. The molecule has 10 heavy (non-hydrogen) atoms. The molecule has 1 aromatic carbocycles. The highest BCUT2D eigenvalue weighted by molar-refractivity contribution is 5.97. The van der Waals surface area contributed by atoms with E-state index in [1.807, 2.05) is 18.2 Å². The minimum Gasteiger partial charge on any atom is -0.418 e. The number of hydrogen-bond acceptors (Lipinski definition) is 1. The minimum absolute atomic E-state index is 0.723. The van der Waals surface area contributed by atoms with Crippen LogP contribution < -0.4 is 0 Å². The highest BCUT2D eigenvalue weighted by Crippen LogP contribution is 1.98. The van der Waals surface area contributed by atoms with Gasteiger partial charge >= 0.3 is 0 Å². The van der Waals surface area contributed by atoms with Gasteiger partial charge in [0.1, 0.15) is 0 Å². The summed E-state index contributed by atoms with van der Waals surface area (Å²) >= 11 is 0. The monoisotopic (exact) mass is 149 g/mol. The van der Waals surface area contributed by atoms with Crippen LogP contribution in [0.3, 0.4) is 0 Å². The second-order valence-corrected chi connectivity index (χ2v) is 2.37. The standard InChI is InChI=1S/C8H9OSi/c10-9-7-6-8-4-2-1-3-5-8/h1-5H,6-7H2. The Kier molecular flexibility index (Phi) is 3.19. The summed E-state index contributed by atoms with van der Waals surface area (Å²) in [7, 11) is 2.95. The molecule has 0 saturated carbocycles. The largest absolute Gasteiger partial charge is 0.418 e. The Hall–Kier alpha value is -0.603. The maximum atomic E-state index is 4.75. The molecule has 0 heterocycles. The van der Waals surface area contributed by atoms with Crippen LogP contribution in [0.25, 0.3) is 0 Å². The normalized spacial score (nSPS) is 9.70. The second-order valence-electron chi connectivity index (χ2n) is 2.08. The Bertz CT molecular complexity index is 174. The van der Waals surface area contributed by atoms with Gasteiger partial charge in [0.2, 0.25) is 10.5 Å². The van der Waals surface area contributed by atoms with Crippen LogP contribution in [0.5, 0.6) is 0 Å². The SMILES string of the molecule is [Si]OCCc1ccccc1. The van der Waals surface area contributed by atoms with Crippen LogP contribution >= 0.6 is 0 Å². The molecule has 1 nitrogen and oxygen atoms in total. The van der Waals surface area contributed by atoms with Crippen molar-refractivity contribution in [1.82, 2.24) is 0 Å². The van der Waals surface area contributed by atoms with E-state index in [1.54, 1.807) is 0 Å². The Balaban J connectivity index is 2.43. The minimum atomic E-state index is 0.723. The summed E-state index contributed by atoms with van der Waals surface area (Å²) < 4.78 is 4.75. The molecule has 1 rings (SSSR count). The average molecular weight is 149 g/mol. The predicted molar refractivity (Wildman–Crippen MR) is 41.9 cm³/mol. The average Bonchev–Trinajstić information content (AvgIpc) is 2.03. The van der Waals surface area contributed by atoms with Crippen molar-refractivity contribution in [2.45, 2.75) is 6.42 Å². The summed E-state index contributed by atoms with van der Waals surface area (Å²) in [5.41, 5.74) is 1.31. The van der Waals surface area contributed by atoms with Gasteiger partial charge in [0, 0.05) is 6.61 Å². The van der Waals surface area contributed by atoms with E-state index in [2.05, 4.69) is 22.6 Å². The molecule has 0 N–H and O–H groups in total. The van der Waals surface area contributed by atoms with Crippen molar-refractivity contribution in [2.75, 3.05) is 6.61 Å². The topological polar surface area (TPSA) is 9.23 Å². The maximum Gasteiger partial charge on any atom is 0.246 e. The molecule has 0 aliphatic rings. The third-order valence-corrected chi connectivity index (χ3v) is 1.54. The van der Waals surface area contributed by atoms with Crippen LogP contribution in [0.2, 0.25) is 0 Å². The van der Waals surface area contributed by atoms with Gasteiger partial charge in [0.25, 0.3) is 0 Å². The predicted octanol–water partition coefficient (Wildman–Crippen LogP) is 1.33. The third-order valence-electron chi connectivity index (χ3n) is 1.34. The zero-order valence-corrected chi connectivity index (χ0v) is 6.71. The lowest BCUT2D eigenvalue weighted by Gasteiger charge is -1.97. The van der Waals surface area contributed by atoms with E-state index < -0.39 is 0 Å². The van der Waals surface area contributed by atoms with Gasteiger partial charge in [-0.1, -0.05) is 30.3 Å². The summed E-state index contributed by atoms with van der Waals surface area (Å²) in [6, 6.07) is 10.3. The molecular weight excluding hydrogens is 140 g/mol. The molecular formula is C8H9OSi. The Morgan fingerprint density at radius 1 is 1.20 bits per heavy atom. The van der Waals surface area contributed by atoms with Crippen LogP contribution in [0.4, 0.5) is 0 Å². The van der Waals surface area contributed by atoms with Crippen molar-refractivity contribution in [3.05, 3.63) is 35.9 Å². The van der Waals surface area contributed by atoms with Crippen molar-refractivity contribution in [1.29, 1.82) is 0 Å². The second kappa shape index (κ2) is 4.25. The van der Waals surface area contributed by atoms with Crippen molar-refractivity contribution in [3.63, 3.8) is 0 Å². The molecule has 0 aromatic heterocycles. The first-order valence-corrected chi connectivity index (χ1v) is 3.67. The van der Waals surface area contributed by atoms with E-state index >= 15 is 0 Å². The zero-order valence-electron chi connectivity index (χ0n) is 5.71. The van der Waals surface area contributed by atoms with Gasteiger partial charge in [-0.3, -0.25) is 0 Å². The summed E-state index contributed by atoms with van der Waals surface area (Å²) in [5.74, 6) is 0. The van der Waals surface area contributed by atoms with Crippen molar-refractivity contribution in [3.8, 4) is 0 Å². The molecule has 0 bridgehead atoms. The van der Waals surface area contributed by atoms with Crippen molar-refractivity contribution < 1.29 is 4.43 Å². The molecule has 2 heteroatoms. The van der Waals surface area contributed by atoms with Gasteiger partial charge in [-0.05, 0) is 12.0 Å². The molecule has 0 saturated heterocycles. The van der Waals surface area contributed by atoms with E-state index in [0.29, 0.717) is 0 Å². The highest BCUT2D eigenvalue weighted by Gasteiger charge is 1.87. The van der Waals surface area contributed by atoms with Crippen LogP contribution in [-0.2, 0) is 10.8 Å². The molecule has 51 valence electrons. The van der Waals surface area contributed by atoms with E-state index in [-0.39, 0.29) is 0 Å². The molecule has 0 amide bonds. The van der Waals surface area contributed by atoms with E-state index in [4.69, 9.17) is 4.43 Å².